The summed E-state index contributed by atoms with van der Waals surface area (Å²) in [6.07, 6.45) is 1.86. The number of nitrogens with zero attached hydrogens (tertiary/aromatic N) is 1. The quantitative estimate of drug-likeness (QED) is 0.740. The molecule has 0 aromatic heterocycles. The fourth-order valence-corrected chi connectivity index (χ4v) is 2.76. The highest BCUT2D eigenvalue weighted by Crippen LogP contribution is 2.30. The van der Waals surface area contributed by atoms with Crippen LogP contribution in [0.2, 0.25) is 10.0 Å². The Labute approximate surface area is 149 Å². The molecule has 24 heavy (non-hydrogen) atoms. The van der Waals surface area contributed by atoms with E-state index < -0.39 is 0 Å². The zero-order valence-electron chi connectivity index (χ0n) is 12.8. The van der Waals surface area contributed by atoms with Crippen molar-refractivity contribution in [2.24, 2.45) is 0 Å². The lowest BCUT2D eigenvalue weighted by molar-refractivity contribution is -0.134. The molecule has 3 rings (SSSR count). The molecule has 0 N–H and O–H groups in total. The number of hydrogen-bond acceptors (Lipinski definition) is 2. The molecule has 2 aromatic carbocycles. The Kier molecular flexibility index (Phi) is 5.27. The average molecular weight is 368 g/mol. The maximum Gasteiger partial charge on any atom is 0.261 e. The standard InChI is InChI=1S/C18H16Cl2FNO2/c19-13-5-8-15(20)17(9-13)24-11-18(23)22(14-6-7-14)10-12-3-1-2-4-16(12)21/h1-5,8-9,14H,6-7,10-11H2. The molecule has 0 heterocycles. The summed E-state index contributed by atoms with van der Waals surface area (Å²) in [6, 6.07) is 11.4. The van der Waals surface area contributed by atoms with Crippen LogP contribution in [-0.4, -0.2) is 23.5 Å². The molecule has 0 aliphatic heterocycles. The number of halogens is 3. The van der Waals surface area contributed by atoms with Crippen LogP contribution in [0.1, 0.15) is 18.4 Å². The second-order valence-corrected chi connectivity index (χ2v) is 6.55. The molecule has 0 spiro atoms. The number of carbonyl (C=O) groups is 1. The van der Waals surface area contributed by atoms with Crippen LogP contribution in [-0.2, 0) is 11.3 Å². The molecule has 1 aliphatic rings. The molecule has 0 saturated heterocycles. The zero-order valence-corrected chi connectivity index (χ0v) is 14.4. The van der Waals surface area contributed by atoms with Crippen molar-refractivity contribution in [3.63, 3.8) is 0 Å². The molecule has 1 aliphatic carbocycles. The first-order chi connectivity index (χ1) is 11.5. The first kappa shape index (κ1) is 17.1. The van der Waals surface area contributed by atoms with Crippen molar-refractivity contribution in [2.75, 3.05) is 6.61 Å². The highest BCUT2D eigenvalue weighted by molar-refractivity contribution is 6.34. The lowest BCUT2D eigenvalue weighted by atomic mass is 10.2. The Morgan fingerprint density at radius 2 is 1.96 bits per heavy atom. The van der Waals surface area contributed by atoms with Crippen molar-refractivity contribution < 1.29 is 13.9 Å². The Hall–Kier alpha value is -1.78. The third-order valence-corrected chi connectivity index (χ3v) is 4.40. The molecular weight excluding hydrogens is 352 g/mol. The molecular formula is C18H16Cl2FNO2. The topological polar surface area (TPSA) is 29.5 Å². The predicted octanol–water partition coefficient (Wildman–Crippen LogP) is 4.70. The van der Waals surface area contributed by atoms with Crippen LogP contribution in [0.25, 0.3) is 0 Å². The predicted molar refractivity (Wildman–Crippen MR) is 91.9 cm³/mol. The van der Waals surface area contributed by atoms with E-state index in [0.717, 1.165) is 12.8 Å². The summed E-state index contributed by atoms with van der Waals surface area (Å²) < 4.78 is 19.3. The van der Waals surface area contributed by atoms with Crippen molar-refractivity contribution >= 4 is 29.1 Å². The molecule has 1 fully saturated rings. The van der Waals surface area contributed by atoms with Gasteiger partial charge in [-0.15, -0.1) is 0 Å². The van der Waals surface area contributed by atoms with E-state index in [1.54, 1.807) is 41.3 Å². The lowest BCUT2D eigenvalue weighted by Gasteiger charge is -2.23. The normalized spacial score (nSPS) is 13.6. The highest BCUT2D eigenvalue weighted by atomic mass is 35.5. The maximum atomic E-state index is 13.8. The van der Waals surface area contributed by atoms with Crippen molar-refractivity contribution in [2.45, 2.75) is 25.4 Å². The van der Waals surface area contributed by atoms with Crippen molar-refractivity contribution in [3.8, 4) is 5.75 Å². The van der Waals surface area contributed by atoms with Crippen LogP contribution >= 0.6 is 23.2 Å². The molecule has 3 nitrogen and oxygen atoms in total. The number of rotatable bonds is 6. The molecule has 0 atom stereocenters. The smallest absolute Gasteiger partial charge is 0.261 e. The summed E-state index contributed by atoms with van der Waals surface area (Å²) in [5.74, 6) is -0.147. The minimum atomic E-state index is -0.310. The van der Waals surface area contributed by atoms with E-state index in [1.165, 1.54) is 6.07 Å². The minimum Gasteiger partial charge on any atom is -0.482 e. The van der Waals surface area contributed by atoms with Crippen molar-refractivity contribution in [1.29, 1.82) is 0 Å². The Morgan fingerprint density at radius 3 is 2.67 bits per heavy atom. The molecule has 126 valence electrons. The highest BCUT2D eigenvalue weighted by Gasteiger charge is 2.33. The Morgan fingerprint density at radius 1 is 1.21 bits per heavy atom. The van der Waals surface area contributed by atoms with Gasteiger partial charge in [-0.3, -0.25) is 4.79 Å². The van der Waals surface area contributed by atoms with Gasteiger partial charge in [0.25, 0.3) is 5.91 Å². The van der Waals surface area contributed by atoms with Crippen LogP contribution in [0.15, 0.2) is 42.5 Å². The van der Waals surface area contributed by atoms with Gasteiger partial charge in [-0.1, -0.05) is 41.4 Å². The minimum absolute atomic E-state index is 0.149. The molecule has 1 amide bonds. The first-order valence-electron chi connectivity index (χ1n) is 7.65. The zero-order chi connectivity index (χ0) is 17.1. The van der Waals surface area contributed by atoms with Crippen molar-refractivity contribution in [1.82, 2.24) is 4.90 Å². The third-order valence-electron chi connectivity index (χ3n) is 3.85. The SMILES string of the molecule is O=C(COc1cc(Cl)ccc1Cl)N(Cc1ccccc1F)C1CC1. The van der Waals surface area contributed by atoms with Gasteiger partial charge in [0.1, 0.15) is 11.6 Å². The fourth-order valence-electron chi connectivity index (χ4n) is 2.43. The van der Waals surface area contributed by atoms with E-state index in [-0.39, 0.29) is 30.9 Å². The number of ether oxygens (including phenoxy) is 1. The Bertz CT molecular complexity index is 750. The summed E-state index contributed by atoms with van der Waals surface area (Å²) in [7, 11) is 0. The van der Waals surface area contributed by atoms with Gasteiger partial charge >= 0.3 is 0 Å². The fraction of sp³-hybridized carbons (Fsp3) is 0.278. The van der Waals surface area contributed by atoms with Crippen LogP contribution in [0.4, 0.5) is 4.39 Å². The van der Waals surface area contributed by atoms with Crippen LogP contribution in [0.3, 0.4) is 0 Å². The number of benzene rings is 2. The van der Waals surface area contributed by atoms with Gasteiger partial charge in [-0.2, -0.15) is 0 Å². The summed E-state index contributed by atoms with van der Waals surface area (Å²) in [5, 5.41) is 0.867. The largest absolute Gasteiger partial charge is 0.482 e. The lowest BCUT2D eigenvalue weighted by Crippen LogP contribution is -2.36. The van der Waals surface area contributed by atoms with Gasteiger partial charge in [0.05, 0.1) is 5.02 Å². The molecule has 1 saturated carbocycles. The van der Waals surface area contributed by atoms with Gasteiger partial charge in [0.15, 0.2) is 6.61 Å². The molecule has 6 heteroatoms. The number of amides is 1. The van der Waals surface area contributed by atoms with E-state index in [1.807, 2.05) is 0 Å². The van der Waals surface area contributed by atoms with E-state index >= 15 is 0 Å². The number of hydrogen-bond donors (Lipinski definition) is 0. The molecule has 2 aromatic rings. The van der Waals surface area contributed by atoms with Gasteiger partial charge in [-0.25, -0.2) is 4.39 Å². The summed E-state index contributed by atoms with van der Waals surface area (Å²) in [4.78, 5) is 14.2. The van der Waals surface area contributed by atoms with Gasteiger partial charge in [0, 0.05) is 29.2 Å². The molecule has 0 radical (unpaired) electrons. The monoisotopic (exact) mass is 367 g/mol. The second-order valence-electron chi connectivity index (χ2n) is 5.71. The summed E-state index contributed by atoms with van der Waals surface area (Å²) in [6.45, 7) is 0.0772. The van der Waals surface area contributed by atoms with E-state index in [0.29, 0.717) is 21.4 Å². The van der Waals surface area contributed by atoms with E-state index in [4.69, 9.17) is 27.9 Å². The second kappa shape index (κ2) is 7.41. The van der Waals surface area contributed by atoms with Crippen LogP contribution in [0, 0.1) is 5.82 Å². The van der Waals surface area contributed by atoms with Crippen LogP contribution < -0.4 is 4.74 Å². The first-order valence-corrected chi connectivity index (χ1v) is 8.41. The molecule has 0 unspecified atom stereocenters. The van der Waals surface area contributed by atoms with Gasteiger partial charge in [-0.05, 0) is 31.0 Å². The van der Waals surface area contributed by atoms with E-state index in [2.05, 4.69) is 0 Å². The van der Waals surface area contributed by atoms with Gasteiger partial charge in [0.2, 0.25) is 0 Å². The third kappa shape index (κ3) is 4.19. The molecule has 0 bridgehead atoms. The van der Waals surface area contributed by atoms with E-state index in [9.17, 15) is 9.18 Å². The summed E-state index contributed by atoms with van der Waals surface area (Å²) >= 11 is 11.9. The average Bonchev–Trinajstić information content (AvgIpc) is 3.39. The Balaban J connectivity index is 1.67. The summed E-state index contributed by atoms with van der Waals surface area (Å²) in [5.41, 5.74) is 0.499. The van der Waals surface area contributed by atoms with Crippen LogP contribution in [0.5, 0.6) is 5.75 Å². The maximum absolute atomic E-state index is 13.8. The van der Waals surface area contributed by atoms with Gasteiger partial charge < -0.3 is 9.64 Å². The van der Waals surface area contributed by atoms with Crippen molar-refractivity contribution in [3.05, 3.63) is 63.9 Å². The number of carbonyl (C=O) groups excluding carboxylic acids is 1.